The highest BCUT2D eigenvalue weighted by atomic mass is 32.1. The molecule has 3 heterocycles. The van der Waals surface area contributed by atoms with Crippen molar-refractivity contribution in [1.82, 2.24) is 19.8 Å². The Labute approximate surface area is 193 Å². The Kier molecular flexibility index (Phi) is 5.66. The number of aromatic nitrogens is 2. The molecule has 0 bridgehead atoms. The zero-order valence-corrected chi connectivity index (χ0v) is 18.8. The molecule has 0 amide bonds. The van der Waals surface area contributed by atoms with Crippen molar-refractivity contribution in [3.8, 4) is 5.69 Å². The minimum Gasteiger partial charge on any atom is -0.465 e. The summed E-state index contributed by atoms with van der Waals surface area (Å²) >= 11 is 5.85. The van der Waals surface area contributed by atoms with Crippen molar-refractivity contribution in [1.29, 1.82) is 0 Å². The smallest absolute Gasteiger partial charge is 0.339 e. The highest BCUT2D eigenvalue weighted by molar-refractivity contribution is 7.80. The third-order valence-electron chi connectivity index (χ3n) is 6.51. The zero-order valence-electron chi connectivity index (χ0n) is 18.0. The van der Waals surface area contributed by atoms with E-state index in [2.05, 4.69) is 25.8 Å². The normalized spacial score (nSPS) is 21.0. The van der Waals surface area contributed by atoms with Crippen LogP contribution in [0, 0.1) is 0 Å². The fourth-order valence-electron chi connectivity index (χ4n) is 5.08. The van der Waals surface area contributed by atoms with Crippen LogP contribution < -0.4 is 5.32 Å². The van der Waals surface area contributed by atoms with Crippen molar-refractivity contribution >= 4 is 23.3 Å². The summed E-state index contributed by atoms with van der Waals surface area (Å²) in [6.07, 6.45) is 8.52. The lowest BCUT2D eigenvalue weighted by Gasteiger charge is -2.33. The fourth-order valence-corrected chi connectivity index (χ4v) is 5.47. The van der Waals surface area contributed by atoms with Gasteiger partial charge in [0.1, 0.15) is 0 Å². The quantitative estimate of drug-likeness (QED) is 0.458. The number of ether oxygens (including phenoxy) is 1. The SMILES string of the molecule is COC(=O)c1ccccc1-n1cccc1[C@H]1[C@H](c2ccccn2)NC(=S)N1C1CCCC1. The molecule has 1 N–H and O–H groups in total. The molecule has 164 valence electrons. The Hall–Kier alpha value is -3.19. The van der Waals surface area contributed by atoms with Crippen LogP contribution in [0.25, 0.3) is 5.69 Å². The third kappa shape index (κ3) is 3.56. The van der Waals surface area contributed by atoms with Crippen molar-refractivity contribution in [3.05, 3.63) is 83.9 Å². The molecular weight excluding hydrogens is 420 g/mol. The van der Waals surface area contributed by atoms with E-state index in [4.69, 9.17) is 17.0 Å². The molecular formula is C25H26N4O2S. The van der Waals surface area contributed by atoms with E-state index in [0.717, 1.165) is 35.0 Å². The van der Waals surface area contributed by atoms with Crippen LogP contribution in [0.1, 0.15) is 59.5 Å². The Morgan fingerprint density at radius 2 is 1.88 bits per heavy atom. The first kappa shape index (κ1) is 20.7. The molecule has 1 aliphatic carbocycles. The fraction of sp³-hybridized carbons (Fsp3) is 0.320. The molecule has 1 saturated heterocycles. The van der Waals surface area contributed by atoms with Crippen LogP contribution in [0.5, 0.6) is 0 Å². The number of benzene rings is 1. The number of rotatable bonds is 5. The van der Waals surface area contributed by atoms with E-state index in [1.165, 1.54) is 20.0 Å². The first-order valence-corrected chi connectivity index (χ1v) is 11.4. The Balaban J connectivity index is 1.64. The number of nitrogens with one attached hydrogen (secondary N) is 1. The molecule has 5 rings (SSSR count). The molecule has 1 saturated carbocycles. The number of hydrogen-bond donors (Lipinski definition) is 1. The van der Waals surface area contributed by atoms with Crippen LogP contribution in [-0.2, 0) is 4.74 Å². The maximum Gasteiger partial charge on any atom is 0.339 e. The average Bonchev–Trinajstić information content (AvgIpc) is 3.58. The number of carbonyl (C=O) groups excluding carboxylic acids is 1. The largest absolute Gasteiger partial charge is 0.465 e. The van der Waals surface area contributed by atoms with Crippen LogP contribution in [-0.4, -0.2) is 38.7 Å². The van der Waals surface area contributed by atoms with Crippen molar-refractivity contribution in [2.75, 3.05) is 7.11 Å². The predicted octanol–water partition coefficient (Wildman–Crippen LogP) is 4.57. The Morgan fingerprint density at radius 3 is 2.62 bits per heavy atom. The van der Waals surface area contributed by atoms with Gasteiger partial charge in [-0.15, -0.1) is 0 Å². The Bertz CT molecular complexity index is 1120. The molecule has 2 aliphatic rings. The summed E-state index contributed by atoms with van der Waals surface area (Å²) in [7, 11) is 1.41. The molecule has 6 nitrogen and oxygen atoms in total. The van der Waals surface area contributed by atoms with Gasteiger partial charge in [0.05, 0.1) is 36.1 Å². The lowest BCUT2D eigenvalue weighted by Crippen LogP contribution is -2.38. The zero-order chi connectivity index (χ0) is 22.1. The molecule has 3 aromatic rings. The first-order chi connectivity index (χ1) is 15.7. The number of para-hydroxylation sites is 1. The molecule has 7 heteroatoms. The summed E-state index contributed by atoms with van der Waals surface area (Å²) in [5.74, 6) is -0.353. The van der Waals surface area contributed by atoms with Crippen LogP contribution in [0.15, 0.2) is 67.0 Å². The number of carbonyl (C=O) groups is 1. The second kappa shape index (κ2) is 8.74. The highest BCUT2D eigenvalue weighted by Gasteiger charge is 2.44. The van der Waals surface area contributed by atoms with Gasteiger partial charge in [0.15, 0.2) is 5.11 Å². The molecule has 0 unspecified atom stereocenters. The standard InChI is InChI=1S/C25H26N4O2S/c1-31-24(30)18-11-4-5-13-20(18)28-16-8-14-21(28)23-22(19-12-6-7-15-26-19)27-25(32)29(23)17-9-2-3-10-17/h4-8,11-17,22-23H,2-3,9-10H2,1H3,(H,27,32)/t22-,23-/m0/s1. The summed E-state index contributed by atoms with van der Waals surface area (Å²) in [6, 6.07) is 17.9. The van der Waals surface area contributed by atoms with Crippen molar-refractivity contribution in [3.63, 3.8) is 0 Å². The summed E-state index contributed by atoms with van der Waals surface area (Å²) in [6.45, 7) is 0. The summed E-state index contributed by atoms with van der Waals surface area (Å²) < 4.78 is 7.13. The lowest BCUT2D eigenvalue weighted by molar-refractivity contribution is 0.0600. The van der Waals surface area contributed by atoms with Gasteiger partial charge in [0.2, 0.25) is 0 Å². The van der Waals surface area contributed by atoms with E-state index in [1.807, 2.05) is 54.9 Å². The number of hydrogen-bond acceptors (Lipinski definition) is 4. The molecule has 2 aromatic heterocycles. The van der Waals surface area contributed by atoms with Gasteiger partial charge in [-0.05, 0) is 61.5 Å². The van der Waals surface area contributed by atoms with E-state index < -0.39 is 0 Å². The van der Waals surface area contributed by atoms with Gasteiger partial charge < -0.3 is 19.5 Å². The van der Waals surface area contributed by atoms with Crippen LogP contribution in [0.2, 0.25) is 0 Å². The maximum absolute atomic E-state index is 12.5. The second-order valence-electron chi connectivity index (χ2n) is 8.28. The molecule has 1 aromatic carbocycles. The van der Waals surface area contributed by atoms with Crippen LogP contribution in [0.4, 0.5) is 0 Å². The van der Waals surface area contributed by atoms with Gasteiger partial charge in [-0.2, -0.15) is 0 Å². The number of esters is 1. The summed E-state index contributed by atoms with van der Waals surface area (Å²) in [5.41, 5.74) is 3.34. The van der Waals surface area contributed by atoms with Crippen molar-refractivity contribution in [2.24, 2.45) is 0 Å². The van der Waals surface area contributed by atoms with E-state index in [0.29, 0.717) is 11.6 Å². The molecule has 2 fully saturated rings. The van der Waals surface area contributed by atoms with Crippen molar-refractivity contribution in [2.45, 2.75) is 43.8 Å². The number of thiocarbonyl (C=S) groups is 1. The monoisotopic (exact) mass is 446 g/mol. The van der Waals surface area contributed by atoms with Crippen molar-refractivity contribution < 1.29 is 9.53 Å². The highest BCUT2D eigenvalue weighted by Crippen LogP contribution is 2.43. The van der Waals surface area contributed by atoms with E-state index >= 15 is 0 Å². The average molecular weight is 447 g/mol. The number of nitrogens with zero attached hydrogens (tertiary/aromatic N) is 3. The molecule has 0 spiro atoms. The Morgan fingerprint density at radius 1 is 1.09 bits per heavy atom. The van der Waals surface area contributed by atoms with E-state index in [1.54, 1.807) is 6.07 Å². The minimum absolute atomic E-state index is 0.0406. The molecule has 32 heavy (non-hydrogen) atoms. The van der Waals surface area contributed by atoms with Gasteiger partial charge >= 0.3 is 5.97 Å². The molecule has 0 radical (unpaired) electrons. The second-order valence-corrected chi connectivity index (χ2v) is 8.67. The minimum atomic E-state index is -0.353. The first-order valence-electron chi connectivity index (χ1n) is 11.0. The topological polar surface area (TPSA) is 59.4 Å². The van der Waals surface area contributed by atoms with Crippen LogP contribution >= 0.6 is 12.2 Å². The predicted molar refractivity (Wildman–Crippen MR) is 127 cm³/mol. The number of pyridine rings is 1. The molecule has 2 atom stereocenters. The van der Waals surface area contributed by atoms with Gasteiger partial charge in [-0.25, -0.2) is 4.79 Å². The summed E-state index contributed by atoms with van der Waals surface area (Å²) in [4.78, 5) is 19.5. The molecule has 1 aliphatic heterocycles. The van der Waals surface area contributed by atoms with E-state index in [9.17, 15) is 4.79 Å². The lowest BCUT2D eigenvalue weighted by atomic mass is 9.99. The van der Waals surface area contributed by atoms with Gasteiger partial charge in [-0.3, -0.25) is 4.98 Å². The summed E-state index contributed by atoms with van der Waals surface area (Å²) in [5, 5.41) is 4.32. The maximum atomic E-state index is 12.5. The van der Waals surface area contributed by atoms with Gasteiger partial charge in [0, 0.05) is 24.1 Å². The number of methoxy groups -OCH3 is 1. The van der Waals surface area contributed by atoms with E-state index in [-0.39, 0.29) is 18.1 Å². The van der Waals surface area contributed by atoms with Gasteiger partial charge in [0.25, 0.3) is 0 Å². The van der Waals surface area contributed by atoms with Crippen LogP contribution in [0.3, 0.4) is 0 Å². The third-order valence-corrected chi connectivity index (χ3v) is 6.83. The van der Waals surface area contributed by atoms with Gasteiger partial charge in [-0.1, -0.05) is 31.0 Å².